The van der Waals surface area contributed by atoms with Gasteiger partial charge in [0.25, 0.3) is 0 Å². The molecule has 1 fully saturated rings. The van der Waals surface area contributed by atoms with Gasteiger partial charge in [-0.2, -0.15) is 0 Å². The predicted octanol–water partition coefficient (Wildman–Crippen LogP) is 3.34. The van der Waals surface area contributed by atoms with Crippen LogP contribution in [0, 0.1) is 12.8 Å². The Morgan fingerprint density at radius 1 is 1.06 bits per heavy atom. The third-order valence-electron chi connectivity index (χ3n) is 5.46. The molecule has 170 valence electrons. The summed E-state index contributed by atoms with van der Waals surface area (Å²) in [7, 11) is 0. The number of aromatic nitrogens is 1. The van der Waals surface area contributed by atoms with Gasteiger partial charge in [0.15, 0.2) is 5.13 Å². The molecular formula is C24H24N4O4S. The number of hydrazine groups is 1. The van der Waals surface area contributed by atoms with Crippen molar-refractivity contribution < 1.29 is 19.1 Å². The highest BCUT2D eigenvalue weighted by Gasteiger charge is 2.44. The first-order chi connectivity index (χ1) is 16.0. The summed E-state index contributed by atoms with van der Waals surface area (Å²) in [6, 6.07) is 18.8. The Hall–Kier alpha value is -3.56. The number of nitrogens with zero attached hydrogens (tertiary/aromatic N) is 1. The molecule has 1 aromatic heterocycles. The van der Waals surface area contributed by atoms with Crippen molar-refractivity contribution in [2.75, 3.05) is 11.9 Å². The van der Waals surface area contributed by atoms with Crippen LogP contribution in [-0.4, -0.2) is 29.4 Å². The number of rotatable bonds is 6. The Kier molecular flexibility index (Phi) is 6.81. The summed E-state index contributed by atoms with van der Waals surface area (Å²) in [6.07, 6.45) is 0. The van der Waals surface area contributed by atoms with Crippen molar-refractivity contribution in [3.63, 3.8) is 0 Å². The summed E-state index contributed by atoms with van der Waals surface area (Å²) in [5.74, 6) is -2.90. The number of aryl methyl sites for hydroxylation is 1. The first-order valence-corrected chi connectivity index (χ1v) is 11.4. The normalized spacial score (nSPS) is 20.1. The smallest absolute Gasteiger partial charge is 0.350 e. The number of carbonyl (C=O) groups excluding carboxylic acids is 3. The van der Waals surface area contributed by atoms with Crippen LogP contribution in [0.2, 0.25) is 0 Å². The number of anilines is 1. The van der Waals surface area contributed by atoms with E-state index in [0.717, 1.165) is 22.5 Å². The molecule has 2 heterocycles. The first kappa shape index (κ1) is 22.6. The molecule has 0 spiro atoms. The van der Waals surface area contributed by atoms with Gasteiger partial charge >= 0.3 is 5.97 Å². The van der Waals surface area contributed by atoms with Gasteiger partial charge in [0.1, 0.15) is 10.8 Å². The van der Waals surface area contributed by atoms with Crippen LogP contribution in [0.5, 0.6) is 0 Å². The summed E-state index contributed by atoms with van der Waals surface area (Å²) in [5.41, 5.74) is 7.99. The Morgan fingerprint density at radius 2 is 1.70 bits per heavy atom. The van der Waals surface area contributed by atoms with E-state index in [2.05, 4.69) is 21.2 Å². The van der Waals surface area contributed by atoms with Gasteiger partial charge in [0.05, 0.1) is 18.3 Å². The van der Waals surface area contributed by atoms with Crippen molar-refractivity contribution in [1.82, 2.24) is 15.8 Å². The van der Waals surface area contributed by atoms with Crippen LogP contribution in [0.15, 0.2) is 60.7 Å². The maximum atomic E-state index is 13.4. The molecule has 3 N–H and O–H groups in total. The van der Waals surface area contributed by atoms with Crippen LogP contribution in [-0.2, 0) is 14.3 Å². The van der Waals surface area contributed by atoms with E-state index < -0.39 is 29.6 Å². The minimum absolute atomic E-state index is 0.243. The fourth-order valence-corrected chi connectivity index (χ4v) is 4.85. The summed E-state index contributed by atoms with van der Waals surface area (Å²) in [6.45, 7) is 3.64. The molecule has 33 heavy (non-hydrogen) atoms. The molecule has 2 amide bonds. The molecule has 4 rings (SSSR count). The molecule has 0 aliphatic carbocycles. The molecule has 1 aliphatic heterocycles. The second kappa shape index (κ2) is 9.93. The molecule has 3 atom stereocenters. The topological polar surface area (TPSA) is 109 Å². The van der Waals surface area contributed by atoms with E-state index in [1.807, 2.05) is 60.7 Å². The Labute approximate surface area is 195 Å². The molecule has 0 bridgehead atoms. The van der Waals surface area contributed by atoms with E-state index in [-0.39, 0.29) is 17.8 Å². The Morgan fingerprint density at radius 3 is 2.33 bits per heavy atom. The number of ether oxygens (including phenoxy) is 1. The van der Waals surface area contributed by atoms with Gasteiger partial charge in [0.2, 0.25) is 11.8 Å². The summed E-state index contributed by atoms with van der Waals surface area (Å²) in [4.78, 5) is 43.1. The molecule has 1 saturated heterocycles. The number of carbonyl (C=O) groups is 3. The Balaban J connectivity index is 1.66. The molecule has 1 aliphatic rings. The lowest BCUT2D eigenvalue weighted by Crippen LogP contribution is -2.56. The van der Waals surface area contributed by atoms with Gasteiger partial charge in [-0.15, -0.1) is 0 Å². The number of amides is 2. The lowest BCUT2D eigenvalue weighted by Gasteiger charge is -2.38. The third-order valence-corrected chi connectivity index (χ3v) is 6.52. The summed E-state index contributed by atoms with van der Waals surface area (Å²) >= 11 is 1.03. The lowest BCUT2D eigenvalue weighted by atomic mass is 9.76. The van der Waals surface area contributed by atoms with Crippen molar-refractivity contribution in [3.8, 4) is 0 Å². The van der Waals surface area contributed by atoms with Crippen LogP contribution in [0.3, 0.4) is 0 Å². The highest BCUT2D eigenvalue weighted by Crippen LogP contribution is 2.40. The number of benzene rings is 2. The van der Waals surface area contributed by atoms with Gasteiger partial charge in [-0.25, -0.2) is 15.2 Å². The SMILES string of the molecule is CCOC(=O)c1sc(NC(=O)C2C(=O)NNC(c3ccccc3)C2c2ccccc2)nc1C. The van der Waals surface area contributed by atoms with Crippen molar-refractivity contribution in [2.45, 2.75) is 25.8 Å². The van der Waals surface area contributed by atoms with Crippen molar-refractivity contribution in [2.24, 2.45) is 5.92 Å². The van der Waals surface area contributed by atoms with E-state index in [9.17, 15) is 14.4 Å². The number of nitrogens with one attached hydrogen (secondary N) is 3. The fourth-order valence-electron chi connectivity index (χ4n) is 3.98. The van der Waals surface area contributed by atoms with Crippen LogP contribution in [0.1, 0.15) is 45.4 Å². The van der Waals surface area contributed by atoms with E-state index in [4.69, 9.17) is 4.74 Å². The van der Waals surface area contributed by atoms with Gasteiger partial charge < -0.3 is 10.1 Å². The van der Waals surface area contributed by atoms with E-state index in [1.165, 1.54) is 0 Å². The largest absolute Gasteiger partial charge is 0.462 e. The van der Waals surface area contributed by atoms with Crippen LogP contribution < -0.4 is 16.2 Å². The third kappa shape index (κ3) is 4.79. The highest BCUT2D eigenvalue weighted by molar-refractivity contribution is 7.17. The molecule has 0 radical (unpaired) electrons. The molecular weight excluding hydrogens is 440 g/mol. The molecule has 9 heteroatoms. The second-order valence-corrected chi connectivity index (χ2v) is 8.58. The lowest BCUT2D eigenvalue weighted by molar-refractivity contribution is -0.137. The van der Waals surface area contributed by atoms with Crippen LogP contribution in [0.25, 0.3) is 0 Å². The molecule has 3 unspecified atom stereocenters. The van der Waals surface area contributed by atoms with Gasteiger partial charge in [-0.3, -0.25) is 15.0 Å². The number of thiazole rings is 1. The first-order valence-electron chi connectivity index (χ1n) is 10.6. The van der Waals surface area contributed by atoms with Crippen molar-refractivity contribution >= 4 is 34.3 Å². The molecule has 8 nitrogen and oxygen atoms in total. The minimum atomic E-state index is -1.02. The number of esters is 1. The summed E-state index contributed by atoms with van der Waals surface area (Å²) in [5, 5.41) is 2.99. The van der Waals surface area contributed by atoms with Crippen molar-refractivity contribution in [1.29, 1.82) is 0 Å². The van der Waals surface area contributed by atoms with E-state index in [0.29, 0.717) is 10.6 Å². The van der Waals surface area contributed by atoms with E-state index in [1.54, 1.807) is 13.8 Å². The quantitative estimate of drug-likeness (QED) is 0.381. The summed E-state index contributed by atoms with van der Waals surface area (Å²) < 4.78 is 5.04. The Bertz CT molecular complexity index is 1150. The number of hydrogen-bond acceptors (Lipinski definition) is 7. The minimum Gasteiger partial charge on any atom is -0.462 e. The van der Waals surface area contributed by atoms with Crippen LogP contribution >= 0.6 is 11.3 Å². The maximum absolute atomic E-state index is 13.4. The van der Waals surface area contributed by atoms with Gasteiger partial charge in [-0.05, 0) is 25.0 Å². The van der Waals surface area contributed by atoms with E-state index >= 15 is 0 Å². The zero-order chi connectivity index (χ0) is 23.4. The second-order valence-electron chi connectivity index (χ2n) is 7.58. The van der Waals surface area contributed by atoms with Gasteiger partial charge in [0, 0.05) is 5.92 Å². The average molecular weight is 465 g/mol. The fraction of sp³-hybridized carbons (Fsp3) is 0.250. The zero-order valence-electron chi connectivity index (χ0n) is 18.2. The monoisotopic (exact) mass is 464 g/mol. The molecule has 0 saturated carbocycles. The van der Waals surface area contributed by atoms with Gasteiger partial charge in [-0.1, -0.05) is 72.0 Å². The standard InChI is InChI=1S/C24H24N4O4S/c1-3-32-23(31)20-14(2)25-24(33-20)26-21(29)18-17(15-10-6-4-7-11-15)19(27-28-22(18)30)16-12-8-5-9-13-16/h4-13,17-19,27H,3H2,1-2H3,(H,28,30)(H,25,26,29). The predicted molar refractivity (Wildman–Crippen MR) is 125 cm³/mol. The molecule has 2 aromatic carbocycles. The van der Waals surface area contributed by atoms with Crippen molar-refractivity contribution in [3.05, 3.63) is 82.4 Å². The number of hydrogen-bond donors (Lipinski definition) is 3. The zero-order valence-corrected chi connectivity index (χ0v) is 19.0. The highest BCUT2D eigenvalue weighted by atomic mass is 32.1. The average Bonchev–Trinajstić information content (AvgIpc) is 3.20. The molecule has 3 aromatic rings. The van der Waals surface area contributed by atoms with Crippen LogP contribution in [0.4, 0.5) is 5.13 Å². The maximum Gasteiger partial charge on any atom is 0.350 e.